The summed E-state index contributed by atoms with van der Waals surface area (Å²) < 4.78 is 7.73. The van der Waals surface area contributed by atoms with Crippen molar-refractivity contribution in [2.24, 2.45) is 0 Å². The molecule has 0 saturated heterocycles. The molecule has 2 aromatic carbocycles. The number of para-hydroxylation sites is 1. The minimum Gasteiger partial charge on any atom is -0.496 e. The number of aromatic nitrogens is 2. The van der Waals surface area contributed by atoms with E-state index < -0.39 is 0 Å². The summed E-state index contributed by atoms with van der Waals surface area (Å²) in [6.45, 7) is 1.25. The van der Waals surface area contributed by atoms with Crippen molar-refractivity contribution in [3.8, 4) is 17.1 Å². The van der Waals surface area contributed by atoms with E-state index in [1.54, 1.807) is 7.11 Å². The third-order valence-electron chi connectivity index (χ3n) is 4.57. The number of anilines is 1. The van der Waals surface area contributed by atoms with Crippen LogP contribution in [-0.2, 0) is 6.54 Å². The lowest BCUT2D eigenvalue weighted by Gasteiger charge is -2.16. The van der Waals surface area contributed by atoms with Gasteiger partial charge in [-0.15, -0.1) is 0 Å². The number of carbonyl (C=O) groups is 1. The van der Waals surface area contributed by atoms with E-state index >= 15 is 0 Å². The quantitative estimate of drug-likeness (QED) is 0.798. The highest BCUT2D eigenvalue weighted by atomic mass is 16.5. The molecule has 6 heteroatoms. The summed E-state index contributed by atoms with van der Waals surface area (Å²) in [7, 11) is 5.66. The van der Waals surface area contributed by atoms with E-state index in [0.29, 0.717) is 18.7 Å². The highest BCUT2D eigenvalue weighted by Crippen LogP contribution is 2.35. The summed E-state index contributed by atoms with van der Waals surface area (Å²) in [6.07, 6.45) is 0. The summed E-state index contributed by atoms with van der Waals surface area (Å²) in [5.74, 6) is 1.54. The molecule has 0 saturated carbocycles. The lowest BCUT2D eigenvalue weighted by atomic mass is 10.1. The first-order valence-corrected chi connectivity index (χ1v) is 8.23. The zero-order valence-electron chi connectivity index (χ0n) is 14.5. The first-order chi connectivity index (χ1) is 12.1. The van der Waals surface area contributed by atoms with Gasteiger partial charge in [-0.1, -0.05) is 6.07 Å². The van der Waals surface area contributed by atoms with Crippen LogP contribution in [0, 0.1) is 0 Å². The third-order valence-corrected chi connectivity index (χ3v) is 4.57. The maximum absolute atomic E-state index is 12.3. The van der Waals surface area contributed by atoms with Crippen molar-refractivity contribution >= 4 is 22.6 Å². The van der Waals surface area contributed by atoms with E-state index in [-0.39, 0.29) is 5.91 Å². The Morgan fingerprint density at radius 1 is 1.20 bits per heavy atom. The van der Waals surface area contributed by atoms with E-state index in [4.69, 9.17) is 9.72 Å². The van der Waals surface area contributed by atoms with Crippen LogP contribution in [0.15, 0.2) is 36.4 Å². The van der Waals surface area contributed by atoms with Crippen molar-refractivity contribution in [1.29, 1.82) is 0 Å². The Kier molecular flexibility index (Phi) is 3.60. The van der Waals surface area contributed by atoms with Crippen LogP contribution in [0.4, 0.5) is 5.69 Å². The number of methoxy groups -OCH3 is 1. The zero-order valence-corrected chi connectivity index (χ0v) is 14.5. The van der Waals surface area contributed by atoms with Crippen LogP contribution in [0.3, 0.4) is 0 Å². The van der Waals surface area contributed by atoms with Crippen LogP contribution < -0.4 is 15.0 Å². The molecule has 0 spiro atoms. The van der Waals surface area contributed by atoms with Crippen molar-refractivity contribution in [1.82, 2.24) is 14.9 Å². The number of hydrogen-bond donors (Lipinski definition) is 1. The summed E-state index contributed by atoms with van der Waals surface area (Å²) in [5, 5.41) is 2.94. The number of carbonyl (C=O) groups excluding carboxylic acids is 1. The van der Waals surface area contributed by atoms with Gasteiger partial charge in [-0.05, 0) is 24.3 Å². The molecule has 0 radical (unpaired) electrons. The Morgan fingerprint density at radius 3 is 2.80 bits per heavy atom. The van der Waals surface area contributed by atoms with E-state index in [0.717, 1.165) is 33.9 Å². The molecule has 0 aliphatic carbocycles. The number of amides is 1. The lowest BCUT2D eigenvalue weighted by molar-refractivity contribution is 0.0956. The highest BCUT2D eigenvalue weighted by molar-refractivity contribution is 6.06. The van der Waals surface area contributed by atoms with Crippen molar-refractivity contribution in [3.63, 3.8) is 0 Å². The van der Waals surface area contributed by atoms with Gasteiger partial charge < -0.3 is 19.5 Å². The third kappa shape index (κ3) is 2.41. The number of benzene rings is 2. The highest BCUT2D eigenvalue weighted by Gasteiger charge is 2.23. The number of nitrogens with one attached hydrogen (secondary N) is 1. The van der Waals surface area contributed by atoms with Gasteiger partial charge in [0.05, 0.1) is 29.3 Å². The van der Waals surface area contributed by atoms with Crippen molar-refractivity contribution in [2.45, 2.75) is 6.54 Å². The largest absolute Gasteiger partial charge is 0.496 e. The molecular weight excluding hydrogens is 316 g/mol. The number of nitrogens with zero attached hydrogens (tertiary/aromatic N) is 3. The van der Waals surface area contributed by atoms with Gasteiger partial charge in [-0.25, -0.2) is 4.98 Å². The molecule has 6 nitrogen and oxygen atoms in total. The van der Waals surface area contributed by atoms with Crippen LogP contribution in [-0.4, -0.2) is 43.2 Å². The van der Waals surface area contributed by atoms with Crippen LogP contribution in [0.5, 0.6) is 5.75 Å². The molecule has 1 aromatic heterocycles. The molecule has 1 N–H and O–H groups in total. The molecule has 128 valence electrons. The average molecular weight is 336 g/mol. The normalized spacial score (nSPS) is 13.5. The first-order valence-electron chi connectivity index (χ1n) is 8.23. The summed E-state index contributed by atoms with van der Waals surface area (Å²) in [4.78, 5) is 19.1. The molecule has 0 bridgehead atoms. The van der Waals surface area contributed by atoms with E-state index in [1.165, 1.54) is 0 Å². The molecule has 25 heavy (non-hydrogen) atoms. The van der Waals surface area contributed by atoms with Crippen molar-refractivity contribution < 1.29 is 9.53 Å². The first kappa shape index (κ1) is 15.5. The summed E-state index contributed by atoms with van der Waals surface area (Å²) in [6, 6.07) is 11.7. The van der Waals surface area contributed by atoms with E-state index in [2.05, 4.69) is 9.88 Å². The molecule has 1 amide bonds. The SMILES string of the molecule is COc1cc(N(C)C)ccc1-c1nc2cccc3c2n1CCNC3=O. The number of imidazole rings is 1. The van der Waals surface area contributed by atoms with E-state index in [9.17, 15) is 4.79 Å². The Balaban J connectivity index is 1.98. The number of rotatable bonds is 3. The predicted molar refractivity (Wildman–Crippen MR) is 98.4 cm³/mol. The fourth-order valence-corrected chi connectivity index (χ4v) is 3.31. The minimum absolute atomic E-state index is 0.0503. The second-order valence-corrected chi connectivity index (χ2v) is 6.30. The van der Waals surface area contributed by atoms with E-state index in [1.807, 2.05) is 55.4 Å². The van der Waals surface area contributed by atoms with Gasteiger partial charge in [0.2, 0.25) is 0 Å². The van der Waals surface area contributed by atoms with Crippen molar-refractivity contribution in [3.05, 3.63) is 42.0 Å². The predicted octanol–water partition coefficient (Wildman–Crippen LogP) is 2.52. The second kappa shape index (κ2) is 5.81. The van der Waals surface area contributed by atoms with Gasteiger partial charge in [-0.3, -0.25) is 4.79 Å². The molecular formula is C19H20N4O2. The van der Waals surface area contributed by atoms with Crippen LogP contribution in [0.1, 0.15) is 10.4 Å². The van der Waals surface area contributed by atoms with Crippen LogP contribution in [0.2, 0.25) is 0 Å². The van der Waals surface area contributed by atoms with Gasteiger partial charge in [0.25, 0.3) is 5.91 Å². The molecule has 0 fully saturated rings. The summed E-state index contributed by atoms with van der Waals surface area (Å²) in [5.41, 5.74) is 4.35. The summed E-state index contributed by atoms with van der Waals surface area (Å²) >= 11 is 0. The lowest BCUT2D eigenvalue weighted by Crippen LogP contribution is -2.24. The Bertz CT molecular complexity index is 975. The monoisotopic (exact) mass is 336 g/mol. The Morgan fingerprint density at radius 2 is 2.04 bits per heavy atom. The molecule has 1 aliphatic heterocycles. The Labute approximate surface area is 146 Å². The maximum atomic E-state index is 12.3. The topological polar surface area (TPSA) is 59.4 Å². The number of ether oxygens (including phenoxy) is 1. The molecule has 0 unspecified atom stereocenters. The number of hydrogen-bond acceptors (Lipinski definition) is 4. The van der Waals surface area contributed by atoms with Gasteiger partial charge in [0.15, 0.2) is 0 Å². The molecule has 2 heterocycles. The average Bonchev–Trinajstić information content (AvgIpc) is 2.90. The zero-order chi connectivity index (χ0) is 17.6. The maximum Gasteiger partial charge on any atom is 0.253 e. The molecule has 4 rings (SSSR count). The van der Waals surface area contributed by atoms with Gasteiger partial charge in [0, 0.05) is 38.9 Å². The standard InChI is InChI=1S/C19H20N4O2/c1-22(2)12-7-8-13(16(11-12)25-3)18-21-15-6-4-5-14-17(15)23(18)10-9-20-19(14)24/h4-8,11H,9-10H2,1-3H3,(H,20,24). The van der Waals surface area contributed by atoms with Gasteiger partial charge in [0.1, 0.15) is 11.6 Å². The van der Waals surface area contributed by atoms with Crippen LogP contribution >= 0.6 is 0 Å². The molecule has 1 aliphatic rings. The fourth-order valence-electron chi connectivity index (χ4n) is 3.31. The molecule has 3 aromatic rings. The van der Waals surface area contributed by atoms with Crippen LogP contribution in [0.25, 0.3) is 22.4 Å². The minimum atomic E-state index is -0.0503. The smallest absolute Gasteiger partial charge is 0.253 e. The van der Waals surface area contributed by atoms with Crippen molar-refractivity contribution in [2.75, 3.05) is 32.6 Å². The second-order valence-electron chi connectivity index (χ2n) is 6.30. The fraction of sp³-hybridized carbons (Fsp3) is 0.263. The van der Waals surface area contributed by atoms with Gasteiger partial charge >= 0.3 is 0 Å². The van der Waals surface area contributed by atoms with Gasteiger partial charge in [-0.2, -0.15) is 0 Å². The molecule has 0 atom stereocenters. The Hall–Kier alpha value is -3.02.